The number of nitrogens with one attached hydrogen (secondary N) is 3. The molecule has 2 spiro atoms. The van der Waals surface area contributed by atoms with Gasteiger partial charge >= 0.3 is 0 Å². The third-order valence-corrected chi connectivity index (χ3v) is 8.52. The molecule has 0 radical (unpaired) electrons. The zero-order valence-electron chi connectivity index (χ0n) is 19.9. The number of amides is 2. The lowest BCUT2D eigenvalue weighted by Gasteiger charge is -2.47. The highest BCUT2D eigenvalue weighted by Crippen LogP contribution is 2.62. The summed E-state index contributed by atoms with van der Waals surface area (Å²) in [6.07, 6.45) is 4.28. The molecule has 5 rings (SSSR count). The van der Waals surface area contributed by atoms with Crippen LogP contribution in [0.5, 0.6) is 0 Å². The topological polar surface area (TPSA) is 70.2 Å². The van der Waals surface area contributed by atoms with Gasteiger partial charge in [0.05, 0.1) is 11.1 Å². The molecule has 0 bridgehead atoms. The van der Waals surface area contributed by atoms with Gasteiger partial charge in [-0.2, -0.15) is 0 Å². The lowest BCUT2D eigenvalue weighted by molar-refractivity contribution is -0.124. The van der Waals surface area contributed by atoms with Crippen LogP contribution in [-0.2, 0) is 15.0 Å². The maximum atomic E-state index is 15.7. The Labute approximate surface area is 215 Å². The first kappa shape index (κ1) is 24.5. The van der Waals surface area contributed by atoms with Crippen molar-refractivity contribution >= 4 is 40.7 Å². The third kappa shape index (κ3) is 3.68. The van der Waals surface area contributed by atoms with Gasteiger partial charge in [0.25, 0.3) is 0 Å². The average Bonchev–Trinajstić information content (AvgIpc) is 3.27. The predicted octanol–water partition coefficient (Wildman–Crippen LogP) is 5.55. The van der Waals surface area contributed by atoms with Crippen molar-refractivity contribution in [2.24, 2.45) is 5.92 Å². The standard InChI is InChI=1S/C27H30Cl2FN3O2/c1-15(2)14-31-24(34)23-21(17-7-6-8-19(29)22(17)30)27(26(33-23)11-4-3-5-12-26)18-10-9-16(28)13-20(18)32-25(27)35/h6-10,13,15,21,23,33H,3-5,11-12,14H2,1-2H3,(H,31,34)(H,32,35)/t21-,23+,27+/m0/s1. The number of carbonyl (C=O) groups is 2. The minimum Gasteiger partial charge on any atom is -0.354 e. The molecule has 2 heterocycles. The highest BCUT2D eigenvalue weighted by molar-refractivity contribution is 6.31. The molecule has 3 aliphatic rings. The molecule has 1 saturated heterocycles. The molecule has 0 aromatic heterocycles. The van der Waals surface area contributed by atoms with E-state index in [1.54, 1.807) is 24.3 Å². The lowest BCUT2D eigenvalue weighted by atomic mass is 9.55. The molecule has 2 fully saturated rings. The number of hydrogen-bond donors (Lipinski definition) is 3. The Hall–Kier alpha value is -2.15. The Balaban J connectivity index is 1.78. The highest BCUT2D eigenvalue weighted by atomic mass is 35.5. The van der Waals surface area contributed by atoms with Crippen LogP contribution < -0.4 is 16.0 Å². The van der Waals surface area contributed by atoms with Crippen molar-refractivity contribution in [3.05, 3.63) is 63.4 Å². The smallest absolute Gasteiger partial charge is 0.237 e. The van der Waals surface area contributed by atoms with Crippen LogP contribution in [0.25, 0.3) is 0 Å². The van der Waals surface area contributed by atoms with Crippen LogP contribution in [0.15, 0.2) is 36.4 Å². The first-order valence-corrected chi connectivity index (χ1v) is 13.1. The van der Waals surface area contributed by atoms with Crippen LogP contribution in [0, 0.1) is 11.7 Å². The average molecular weight is 518 g/mol. The summed E-state index contributed by atoms with van der Waals surface area (Å²) in [5.74, 6) is -1.61. The van der Waals surface area contributed by atoms with Crippen LogP contribution in [0.3, 0.4) is 0 Å². The van der Waals surface area contributed by atoms with E-state index in [0.29, 0.717) is 30.1 Å². The normalized spacial score (nSPS) is 26.9. The molecule has 0 unspecified atom stereocenters. The molecular weight excluding hydrogens is 488 g/mol. The van der Waals surface area contributed by atoms with Crippen LogP contribution in [0.1, 0.15) is 63.0 Å². The van der Waals surface area contributed by atoms with E-state index in [1.807, 2.05) is 19.9 Å². The fourth-order valence-corrected chi connectivity index (χ4v) is 6.99. The summed E-state index contributed by atoms with van der Waals surface area (Å²) in [6, 6.07) is 9.36. The van der Waals surface area contributed by atoms with Crippen LogP contribution >= 0.6 is 23.2 Å². The van der Waals surface area contributed by atoms with E-state index in [2.05, 4.69) is 16.0 Å². The van der Waals surface area contributed by atoms with E-state index < -0.39 is 28.7 Å². The Morgan fingerprint density at radius 3 is 2.63 bits per heavy atom. The zero-order chi connectivity index (χ0) is 25.0. The molecule has 1 aliphatic carbocycles. The Morgan fingerprint density at radius 1 is 1.17 bits per heavy atom. The highest BCUT2D eigenvalue weighted by Gasteiger charge is 2.72. The number of fused-ring (bicyclic) bond motifs is 3. The molecule has 8 heteroatoms. The van der Waals surface area contributed by atoms with Crippen molar-refractivity contribution in [2.75, 3.05) is 11.9 Å². The van der Waals surface area contributed by atoms with Gasteiger partial charge < -0.3 is 10.6 Å². The summed E-state index contributed by atoms with van der Waals surface area (Å²) < 4.78 is 15.7. The number of carbonyl (C=O) groups excluding carboxylic acids is 2. The Morgan fingerprint density at radius 2 is 1.91 bits per heavy atom. The van der Waals surface area contributed by atoms with Crippen LogP contribution in [0.4, 0.5) is 10.1 Å². The van der Waals surface area contributed by atoms with Gasteiger partial charge in [-0.15, -0.1) is 0 Å². The van der Waals surface area contributed by atoms with Gasteiger partial charge in [0, 0.05) is 28.7 Å². The fraction of sp³-hybridized carbons (Fsp3) is 0.481. The molecule has 35 heavy (non-hydrogen) atoms. The SMILES string of the molecule is CC(C)CNC(=O)[C@@H]1NC2(CCCCC2)[C@@]2(C(=O)Nc3cc(Cl)ccc32)[C@H]1c1cccc(Cl)c1F. The summed E-state index contributed by atoms with van der Waals surface area (Å²) in [5.41, 5.74) is -0.267. The van der Waals surface area contributed by atoms with Crippen LogP contribution in [0.2, 0.25) is 10.0 Å². The Kier molecular flexibility index (Phi) is 6.35. The summed E-state index contributed by atoms with van der Waals surface area (Å²) in [4.78, 5) is 27.9. The number of benzene rings is 2. The lowest BCUT2D eigenvalue weighted by Crippen LogP contribution is -2.60. The zero-order valence-corrected chi connectivity index (χ0v) is 21.4. The largest absolute Gasteiger partial charge is 0.354 e. The summed E-state index contributed by atoms with van der Waals surface area (Å²) in [7, 11) is 0. The second kappa shape index (κ2) is 9.06. The molecule has 2 amide bonds. The number of rotatable bonds is 4. The monoisotopic (exact) mass is 517 g/mol. The van der Waals surface area contributed by atoms with Gasteiger partial charge in [-0.1, -0.05) is 74.5 Å². The second-order valence-electron chi connectivity index (χ2n) is 10.5. The van der Waals surface area contributed by atoms with E-state index in [0.717, 1.165) is 24.8 Å². The first-order chi connectivity index (χ1) is 16.7. The number of hydrogen-bond acceptors (Lipinski definition) is 3. The molecule has 3 N–H and O–H groups in total. The Bertz CT molecular complexity index is 1180. The second-order valence-corrected chi connectivity index (χ2v) is 11.3. The van der Waals surface area contributed by atoms with Crippen LogP contribution in [-0.4, -0.2) is 29.9 Å². The third-order valence-electron chi connectivity index (χ3n) is 7.99. The number of anilines is 1. The van der Waals surface area contributed by atoms with E-state index in [4.69, 9.17) is 23.2 Å². The molecule has 3 atom stereocenters. The summed E-state index contributed by atoms with van der Waals surface area (Å²) in [5, 5.41) is 10.2. The van der Waals surface area contributed by atoms with Gasteiger partial charge in [0.1, 0.15) is 11.2 Å². The maximum absolute atomic E-state index is 15.7. The van der Waals surface area contributed by atoms with Gasteiger partial charge in [0.15, 0.2) is 0 Å². The molecule has 5 nitrogen and oxygen atoms in total. The van der Waals surface area contributed by atoms with Crippen molar-refractivity contribution in [3.63, 3.8) is 0 Å². The van der Waals surface area contributed by atoms with Gasteiger partial charge in [-0.05, 0) is 48.1 Å². The quantitative estimate of drug-likeness (QED) is 0.497. The maximum Gasteiger partial charge on any atom is 0.237 e. The summed E-state index contributed by atoms with van der Waals surface area (Å²) >= 11 is 12.5. The number of halogens is 3. The van der Waals surface area contributed by atoms with Crippen molar-refractivity contribution in [1.29, 1.82) is 0 Å². The molecule has 1 saturated carbocycles. The summed E-state index contributed by atoms with van der Waals surface area (Å²) in [6.45, 7) is 4.52. The van der Waals surface area contributed by atoms with E-state index in [-0.39, 0.29) is 28.3 Å². The van der Waals surface area contributed by atoms with Crippen molar-refractivity contribution < 1.29 is 14.0 Å². The van der Waals surface area contributed by atoms with E-state index >= 15 is 4.39 Å². The van der Waals surface area contributed by atoms with Gasteiger partial charge in [-0.3, -0.25) is 14.9 Å². The minimum absolute atomic E-state index is 0.0293. The molecular formula is C27H30Cl2FN3O2. The first-order valence-electron chi connectivity index (χ1n) is 12.3. The van der Waals surface area contributed by atoms with E-state index in [1.165, 1.54) is 6.07 Å². The van der Waals surface area contributed by atoms with Gasteiger partial charge in [-0.25, -0.2) is 4.39 Å². The van der Waals surface area contributed by atoms with Gasteiger partial charge in [0.2, 0.25) is 11.8 Å². The molecule has 186 valence electrons. The van der Waals surface area contributed by atoms with Crippen molar-refractivity contribution in [1.82, 2.24) is 10.6 Å². The van der Waals surface area contributed by atoms with Crippen molar-refractivity contribution in [2.45, 2.75) is 68.9 Å². The molecule has 2 aliphatic heterocycles. The van der Waals surface area contributed by atoms with E-state index in [9.17, 15) is 9.59 Å². The fourth-order valence-electron chi connectivity index (χ4n) is 6.63. The predicted molar refractivity (Wildman–Crippen MR) is 136 cm³/mol. The molecule has 2 aromatic carbocycles. The van der Waals surface area contributed by atoms with Crippen molar-refractivity contribution in [3.8, 4) is 0 Å². The minimum atomic E-state index is -1.20. The molecule has 2 aromatic rings.